The summed E-state index contributed by atoms with van der Waals surface area (Å²) in [6, 6.07) is 12.2. The minimum absolute atomic E-state index is 0.00408. The number of hydrogen-bond acceptors (Lipinski definition) is 2. The quantitative estimate of drug-likeness (QED) is 0.722. The number of rotatable bonds is 2. The highest BCUT2D eigenvalue weighted by atomic mass is 79.9. The average Bonchev–Trinajstić information content (AvgIpc) is 2.85. The van der Waals surface area contributed by atoms with Crippen molar-refractivity contribution >= 4 is 50.9 Å². The van der Waals surface area contributed by atoms with Gasteiger partial charge in [0.2, 0.25) is 5.91 Å². The lowest BCUT2D eigenvalue weighted by Crippen LogP contribution is -2.27. The summed E-state index contributed by atoms with van der Waals surface area (Å²) in [6.07, 6.45) is 0. The second-order valence-corrected chi connectivity index (χ2v) is 6.97. The maximum atomic E-state index is 13.3. The number of anilines is 1. The lowest BCUT2D eigenvalue weighted by Gasteiger charge is -2.24. The van der Waals surface area contributed by atoms with Crippen molar-refractivity contribution in [1.29, 1.82) is 0 Å². The Morgan fingerprint density at radius 3 is 2.62 bits per heavy atom. The Kier molecular flexibility index (Phi) is 4.24. The highest BCUT2D eigenvalue weighted by molar-refractivity contribution is 9.10. The molecule has 0 aromatic heterocycles. The Bertz CT molecular complexity index is 695. The molecule has 1 fully saturated rings. The van der Waals surface area contributed by atoms with Crippen LogP contribution < -0.4 is 4.90 Å². The zero-order valence-corrected chi connectivity index (χ0v) is 13.9. The molecule has 0 spiro atoms. The van der Waals surface area contributed by atoms with Crippen LogP contribution in [0.3, 0.4) is 0 Å². The molecule has 0 N–H and O–H groups in total. The summed E-state index contributed by atoms with van der Waals surface area (Å²) in [5.74, 6) is -0.0917. The van der Waals surface area contributed by atoms with Crippen molar-refractivity contribution in [2.75, 3.05) is 10.7 Å². The molecule has 0 saturated carbocycles. The van der Waals surface area contributed by atoms with E-state index >= 15 is 0 Å². The lowest BCUT2D eigenvalue weighted by atomic mass is 10.2. The number of amides is 1. The number of thioether (sulfide) groups is 1. The van der Waals surface area contributed by atoms with Crippen molar-refractivity contribution in [1.82, 2.24) is 0 Å². The lowest BCUT2D eigenvalue weighted by molar-refractivity contribution is -0.115. The van der Waals surface area contributed by atoms with Crippen LogP contribution in [0, 0.1) is 5.82 Å². The molecule has 0 radical (unpaired) electrons. The van der Waals surface area contributed by atoms with Crippen LogP contribution in [0.15, 0.2) is 46.9 Å². The molecule has 1 saturated heterocycles. The first-order chi connectivity index (χ1) is 10.1. The zero-order valence-electron chi connectivity index (χ0n) is 10.7. The van der Waals surface area contributed by atoms with Crippen LogP contribution in [0.25, 0.3) is 0 Å². The van der Waals surface area contributed by atoms with E-state index in [1.807, 2.05) is 24.3 Å². The topological polar surface area (TPSA) is 20.3 Å². The summed E-state index contributed by atoms with van der Waals surface area (Å²) in [5, 5.41) is -0.0983. The van der Waals surface area contributed by atoms with Crippen molar-refractivity contribution in [2.24, 2.45) is 0 Å². The maximum Gasteiger partial charge on any atom is 0.238 e. The fourth-order valence-corrected chi connectivity index (χ4v) is 3.83. The Morgan fingerprint density at radius 1 is 1.24 bits per heavy atom. The Morgan fingerprint density at radius 2 is 1.95 bits per heavy atom. The van der Waals surface area contributed by atoms with Crippen LogP contribution in [0.1, 0.15) is 10.9 Å². The van der Waals surface area contributed by atoms with Gasteiger partial charge in [-0.15, -0.1) is 11.8 Å². The molecule has 3 rings (SSSR count). The molecule has 6 heteroatoms. The van der Waals surface area contributed by atoms with E-state index in [9.17, 15) is 9.18 Å². The largest absolute Gasteiger partial charge is 0.295 e. The SMILES string of the molecule is O=C1CS[C@H](c2ccc(Br)cc2)N1c1ccc(F)c(Cl)c1. The summed E-state index contributed by atoms with van der Waals surface area (Å²) < 4.78 is 14.3. The molecule has 0 aliphatic carbocycles. The van der Waals surface area contributed by atoms with Gasteiger partial charge in [0, 0.05) is 10.2 Å². The molecular weight excluding hydrogens is 377 g/mol. The van der Waals surface area contributed by atoms with E-state index in [0.717, 1.165) is 10.0 Å². The summed E-state index contributed by atoms with van der Waals surface area (Å²) in [6.45, 7) is 0. The molecule has 0 unspecified atom stereocenters. The molecule has 1 heterocycles. The van der Waals surface area contributed by atoms with Crippen LogP contribution in [0.2, 0.25) is 5.02 Å². The molecule has 1 aliphatic rings. The number of carbonyl (C=O) groups excluding carboxylic acids is 1. The predicted octanol–water partition coefficient (Wildman–Crippen LogP) is 5.02. The van der Waals surface area contributed by atoms with Gasteiger partial charge in [-0.3, -0.25) is 9.69 Å². The van der Waals surface area contributed by atoms with Crippen LogP contribution in [0.5, 0.6) is 0 Å². The number of benzene rings is 2. The van der Waals surface area contributed by atoms with E-state index in [0.29, 0.717) is 11.4 Å². The van der Waals surface area contributed by atoms with Gasteiger partial charge in [0.25, 0.3) is 0 Å². The number of nitrogens with zero attached hydrogens (tertiary/aromatic N) is 1. The second kappa shape index (κ2) is 5.99. The highest BCUT2D eigenvalue weighted by Crippen LogP contribution is 2.42. The summed E-state index contributed by atoms with van der Waals surface area (Å²) in [4.78, 5) is 13.8. The Balaban J connectivity index is 1.99. The number of carbonyl (C=O) groups is 1. The third-order valence-electron chi connectivity index (χ3n) is 3.20. The first kappa shape index (κ1) is 14.9. The average molecular weight is 387 g/mol. The van der Waals surface area contributed by atoms with Gasteiger partial charge in [0.1, 0.15) is 11.2 Å². The van der Waals surface area contributed by atoms with E-state index in [-0.39, 0.29) is 16.3 Å². The van der Waals surface area contributed by atoms with Crippen molar-refractivity contribution < 1.29 is 9.18 Å². The molecule has 0 bridgehead atoms. The fraction of sp³-hybridized carbons (Fsp3) is 0.133. The molecular formula is C15H10BrClFNOS. The third-order valence-corrected chi connectivity index (χ3v) is 5.24. The Labute approximate surface area is 139 Å². The van der Waals surface area contributed by atoms with Gasteiger partial charge < -0.3 is 0 Å². The van der Waals surface area contributed by atoms with E-state index < -0.39 is 5.82 Å². The molecule has 108 valence electrons. The minimum atomic E-state index is -0.486. The van der Waals surface area contributed by atoms with Gasteiger partial charge in [-0.05, 0) is 35.9 Å². The van der Waals surface area contributed by atoms with Gasteiger partial charge >= 0.3 is 0 Å². The van der Waals surface area contributed by atoms with Gasteiger partial charge in [-0.25, -0.2) is 4.39 Å². The molecule has 2 aromatic rings. The Hall–Kier alpha value is -1.04. The van der Waals surface area contributed by atoms with Crippen molar-refractivity contribution in [3.05, 3.63) is 63.3 Å². The van der Waals surface area contributed by atoms with E-state index in [4.69, 9.17) is 11.6 Å². The van der Waals surface area contributed by atoms with Crippen LogP contribution in [-0.2, 0) is 4.79 Å². The first-order valence-corrected chi connectivity index (χ1v) is 8.42. The van der Waals surface area contributed by atoms with Crippen molar-refractivity contribution in [3.8, 4) is 0 Å². The van der Waals surface area contributed by atoms with E-state index in [1.54, 1.807) is 22.7 Å². The predicted molar refractivity (Wildman–Crippen MR) is 88.2 cm³/mol. The maximum absolute atomic E-state index is 13.3. The summed E-state index contributed by atoms with van der Waals surface area (Å²) in [5.41, 5.74) is 1.64. The van der Waals surface area contributed by atoms with Gasteiger partial charge in [-0.1, -0.05) is 39.7 Å². The fourth-order valence-electron chi connectivity index (χ4n) is 2.21. The summed E-state index contributed by atoms with van der Waals surface area (Å²) >= 11 is 10.8. The van der Waals surface area contributed by atoms with Gasteiger partial charge in [0.15, 0.2) is 0 Å². The van der Waals surface area contributed by atoms with Gasteiger partial charge in [-0.2, -0.15) is 0 Å². The zero-order chi connectivity index (χ0) is 15.0. The second-order valence-electron chi connectivity index (χ2n) is 4.58. The first-order valence-electron chi connectivity index (χ1n) is 6.20. The minimum Gasteiger partial charge on any atom is -0.295 e. The summed E-state index contributed by atoms with van der Waals surface area (Å²) in [7, 11) is 0. The molecule has 1 amide bonds. The molecule has 1 atom stereocenters. The molecule has 1 aliphatic heterocycles. The van der Waals surface area contributed by atoms with Crippen LogP contribution in [0.4, 0.5) is 10.1 Å². The van der Waals surface area contributed by atoms with Crippen molar-refractivity contribution in [2.45, 2.75) is 5.37 Å². The standard InChI is InChI=1S/C15H10BrClFNOS/c16-10-3-1-9(2-4-10)15-19(14(20)8-21-15)11-5-6-13(18)12(17)7-11/h1-7,15H,8H2/t15-/m1/s1. The normalized spacial score (nSPS) is 18.3. The van der Waals surface area contributed by atoms with E-state index in [2.05, 4.69) is 15.9 Å². The number of hydrogen-bond donors (Lipinski definition) is 0. The molecule has 2 aromatic carbocycles. The molecule has 2 nitrogen and oxygen atoms in total. The van der Waals surface area contributed by atoms with Crippen LogP contribution in [-0.4, -0.2) is 11.7 Å². The number of halogens is 3. The van der Waals surface area contributed by atoms with E-state index in [1.165, 1.54) is 12.1 Å². The highest BCUT2D eigenvalue weighted by Gasteiger charge is 2.34. The monoisotopic (exact) mass is 385 g/mol. The third kappa shape index (κ3) is 2.96. The van der Waals surface area contributed by atoms with Gasteiger partial charge in [0.05, 0.1) is 10.8 Å². The van der Waals surface area contributed by atoms with Crippen molar-refractivity contribution in [3.63, 3.8) is 0 Å². The molecule has 21 heavy (non-hydrogen) atoms. The smallest absolute Gasteiger partial charge is 0.238 e. The van der Waals surface area contributed by atoms with Crippen LogP contribution >= 0.6 is 39.3 Å².